The number of carboxylic acid groups (broad SMARTS) is 1. The molecule has 2 amide bonds. The minimum atomic E-state index is -1.22. The van der Waals surface area contributed by atoms with Gasteiger partial charge in [0.15, 0.2) is 0 Å². The van der Waals surface area contributed by atoms with Crippen LogP contribution in [0.2, 0.25) is 0 Å². The topological polar surface area (TPSA) is 88.1 Å². The number of methoxy groups -OCH3 is 1. The van der Waals surface area contributed by atoms with Gasteiger partial charge in [-0.3, -0.25) is 0 Å². The molecule has 0 aliphatic carbocycles. The van der Waals surface area contributed by atoms with Crippen LogP contribution in [0.1, 0.15) is 33.6 Å². The molecule has 0 heterocycles. The first kappa shape index (κ1) is 19.7. The SMILES string of the molecule is CCN(C(=O)NCCCCOCCOC)C(C)(C)C(=O)O. The van der Waals surface area contributed by atoms with E-state index in [1.165, 1.54) is 18.7 Å². The van der Waals surface area contributed by atoms with Gasteiger partial charge in [-0.05, 0) is 33.6 Å². The summed E-state index contributed by atoms with van der Waals surface area (Å²) in [6.07, 6.45) is 1.61. The summed E-state index contributed by atoms with van der Waals surface area (Å²) >= 11 is 0. The minimum Gasteiger partial charge on any atom is -0.480 e. The highest BCUT2D eigenvalue weighted by Crippen LogP contribution is 2.14. The lowest BCUT2D eigenvalue weighted by Gasteiger charge is -2.34. The first-order valence-corrected chi connectivity index (χ1v) is 7.23. The summed E-state index contributed by atoms with van der Waals surface area (Å²) in [5.41, 5.74) is -1.22. The lowest BCUT2D eigenvalue weighted by molar-refractivity contribution is -0.147. The molecule has 7 heteroatoms. The lowest BCUT2D eigenvalue weighted by Crippen LogP contribution is -2.56. The van der Waals surface area contributed by atoms with Gasteiger partial charge in [-0.15, -0.1) is 0 Å². The van der Waals surface area contributed by atoms with Crippen molar-refractivity contribution in [3.05, 3.63) is 0 Å². The third kappa shape index (κ3) is 7.29. The van der Waals surface area contributed by atoms with Crippen molar-refractivity contribution in [1.82, 2.24) is 10.2 Å². The van der Waals surface area contributed by atoms with E-state index in [0.29, 0.717) is 32.9 Å². The molecule has 0 radical (unpaired) electrons. The first-order chi connectivity index (χ1) is 9.87. The fraction of sp³-hybridized carbons (Fsp3) is 0.857. The predicted octanol–water partition coefficient (Wildman–Crippen LogP) is 1.32. The number of ether oxygens (including phenoxy) is 2. The van der Waals surface area contributed by atoms with Crippen LogP contribution in [0.4, 0.5) is 4.79 Å². The van der Waals surface area contributed by atoms with Crippen molar-refractivity contribution in [2.24, 2.45) is 0 Å². The summed E-state index contributed by atoms with van der Waals surface area (Å²) in [5, 5.41) is 11.9. The lowest BCUT2D eigenvalue weighted by atomic mass is 10.0. The zero-order valence-corrected chi connectivity index (χ0v) is 13.5. The largest absolute Gasteiger partial charge is 0.480 e. The normalized spacial score (nSPS) is 11.2. The Balaban J connectivity index is 3.94. The zero-order chi connectivity index (χ0) is 16.3. The standard InChI is InChI=1S/C14H28N2O5/c1-5-16(14(2,3)12(17)18)13(19)15-8-6-7-9-21-11-10-20-4/h5-11H2,1-4H3,(H,15,19)(H,17,18). The number of likely N-dealkylation sites (N-methyl/N-ethyl adjacent to an activating group) is 1. The van der Waals surface area contributed by atoms with Crippen LogP contribution in [0, 0.1) is 0 Å². The Bertz CT molecular complexity index is 320. The molecule has 0 saturated heterocycles. The molecule has 21 heavy (non-hydrogen) atoms. The van der Waals surface area contributed by atoms with Gasteiger partial charge in [0.2, 0.25) is 0 Å². The predicted molar refractivity (Wildman–Crippen MR) is 79.4 cm³/mol. The summed E-state index contributed by atoms with van der Waals surface area (Å²) in [7, 11) is 1.62. The highest BCUT2D eigenvalue weighted by Gasteiger charge is 2.36. The molecule has 0 aromatic rings. The van der Waals surface area contributed by atoms with Gasteiger partial charge in [0.25, 0.3) is 0 Å². The van der Waals surface area contributed by atoms with Gasteiger partial charge in [-0.1, -0.05) is 0 Å². The second-order valence-corrected chi connectivity index (χ2v) is 5.15. The van der Waals surface area contributed by atoms with E-state index in [1.807, 2.05) is 0 Å². The van der Waals surface area contributed by atoms with Crippen LogP contribution in [0.5, 0.6) is 0 Å². The maximum atomic E-state index is 12.0. The number of nitrogens with zero attached hydrogens (tertiary/aromatic N) is 1. The Hall–Kier alpha value is -1.34. The molecule has 0 aromatic carbocycles. The summed E-state index contributed by atoms with van der Waals surface area (Å²) < 4.78 is 10.2. The summed E-state index contributed by atoms with van der Waals surface area (Å²) in [6, 6.07) is -0.356. The van der Waals surface area contributed by atoms with Gasteiger partial charge < -0.3 is 24.8 Å². The molecule has 2 N–H and O–H groups in total. The van der Waals surface area contributed by atoms with Gasteiger partial charge in [0, 0.05) is 26.8 Å². The Labute approximate surface area is 126 Å². The highest BCUT2D eigenvalue weighted by atomic mass is 16.5. The van der Waals surface area contributed by atoms with Gasteiger partial charge in [0.1, 0.15) is 5.54 Å². The van der Waals surface area contributed by atoms with Crippen LogP contribution in [0.3, 0.4) is 0 Å². The molecular weight excluding hydrogens is 276 g/mol. The van der Waals surface area contributed by atoms with Crippen molar-refractivity contribution < 1.29 is 24.2 Å². The monoisotopic (exact) mass is 304 g/mol. The molecule has 0 saturated carbocycles. The third-order valence-corrected chi connectivity index (χ3v) is 3.18. The van der Waals surface area contributed by atoms with E-state index in [-0.39, 0.29) is 6.03 Å². The van der Waals surface area contributed by atoms with Crippen molar-refractivity contribution >= 4 is 12.0 Å². The molecule has 0 fully saturated rings. The molecule has 7 nitrogen and oxygen atoms in total. The quantitative estimate of drug-likeness (QED) is 0.562. The maximum absolute atomic E-state index is 12.0. The number of nitrogens with one attached hydrogen (secondary N) is 1. The minimum absolute atomic E-state index is 0.339. The van der Waals surface area contributed by atoms with Crippen molar-refractivity contribution in [2.75, 3.05) is 40.0 Å². The number of hydrogen-bond acceptors (Lipinski definition) is 4. The van der Waals surface area contributed by atoms with E-state index >= 15 is 0 Å². The van der Waals surface area contributed by atoms with Crippen LogP contribution in [-0.2, 0) is 14.3 Å². The van der Waals surface area contributed by atoms with E-state index < -0.39 is 11.5 Å². The molecule has 0 bridgehead atoms. The van der Waals surface area contributed by atoms with Crippen LogP contribution >= 0.6 is 0 Å². The van der Waals surface area contributed by atoms with Gasteiger partial charge in [-0.2, -0.15) is 0 Å². The van der Waals surface area contributed by atoms with Crippen molar-refractivity contribution in [1.29, 1.82) is 0 Å². The first-order valence-electron chi connectivity index (χ1n) is 7.23. The number of urea groups is 1. The smallest absolute Gasteiger partial charge is 0.329 e. The van der Waals surface area contributed by atoms with E-state index in [1.54, 1.807) is 14.0 Å². The molecule has 0 atom stereocenters. The molecule has 0 aliphatic rings. The summed E-state index contributed by atoms with van der Waals surface area (Å²) in [5.74, 6) is -1.02. The van der Waals surface area contributed by atoms with E-state index in [2.05, 4.69) is 5.32 Å². The fourth-order valence-corrected chi connectivity index (χ4v) is 1.77. The van der Waals surface area contributed by atoms with Crippen LogP contribution in [0.15, 0.2) is 0 Å². The molecule has 0 aromatic heterocycles. The van der Waals surface area contributed by atoms with Gasteiger partial charge >= 0.3 is 12.0 Å². The van der Waals surface area contributed by atoms with Crippen LogP contribution in [-0.4, -0.2) is 67.6 Å². The number of carbonyl (C=O) groups excluding carboxylic acids is 1. The van der Waals surface area contributed by atoms with Crippen molar-refractivity contribution in [2.45, 2.75) is 39.2 Å². The molecule has 124 valence electrons. The van der Waals surface area contributed by atoms with Crippen LogP contribution in [0.25, 0.3) is 0 Å². The molecular formula is C14H28N2O5. The average Bonchev–Trinajstić information content (AvgIpc) is 2.42. The van der Waals surface area contributed by atoms with Crippen molar-refractivity contribution in [3.63, 3.8) is 0 Å². The molecule has 0 spiro atoms. The number of rotatable bonds is 11. The van der Waals surface area contributed by atoms with E-state index in [0.717, 1.165) is 12.8 Å². The number of carbonyl (C=O) groups is 2. The number of carboxylic acids is 1. The average molecular weight is 304 g/mol. The Kier molecular flexibility index (Phi) is 9.73. The fourth-order valence-electron chi connectivity index (χ4n) is 1.77. The van der Waals surface area contributed by atoms with E-state index in [9.17, 15) is 9.59 Å². The summed E-state index contributed by atoms with van der Waals surface area (Å²) in [6.45, 7) is 7.39. The molecule has 0 aliphatic heterocycles. The van der Waals surface area contributed by atoms with Crippen LogP contribution < -0.4 is 5.32 Å². The van der Waals surface area contributed by atoms with E-state index in [4.69, 9.17) is 14.6 Å². The zero-order valence-electron chi connectivity index (χ0n) is 13.5. The number of aliphatic carboxylic acids is 1. The van der Waals surface area contributed by atoms with Crippen molar-refractivity contribution in [3.8, 4) is 0 Å². The maximum Gasteiger partial charge on any atom is 0.329 e. The second-order valence-electron chi connectivity index (χ2n) is 5.15. The highest BCUT2D eigenvalue weighted by molar-refractivity contribution is 5.85. The molecule has 0 unspecified atom stereocenters. The molecule has 0 rings (SSSR count). The Morgan fingerprint density at radius 3 is 2.38 bits per heavy atom. The van der Waals surface area contributed by atoms with Gasteiger partial charge in [-0.25, -0.2) is 9.59 Å². The number of hydrogen-bond donors (Lipinski definition) is 2. The number of amides is 2. The Morgan fingerprint density at radius 2 is 1.86 bits per heavy atom. The third-order valence-electron chi connectivity index (χ3n) is 3.18. The second kappa shape index (κ2) is 10.4. The Morgan fingerprint density at radius 1 is 1.19 bits per heavy atom. The summed E-state index contributed by atoms with van der Waals surface area (Å²) in [4.78, 5) is 24.5. The number of unbranched alkanes of at least 4 members (excludes halogenated alkanes) is 1. The van der Waals surface area contributed by atoms with Gasteiger partial charge in [0.05, 0.1) is 13.2 Å².